The Morgan fingerprint density at radius 1 is 1.39 bits per heavy atom. The molecule has 0 bridgehead atoms. The van der Waals surface area contributed by atoms with Gasteiger partial charge in [-0.3, -0.25) is 4.79 Å². The number of benzene rings is 1. The van der Waals surface area contributed by atoms with Crippen molar-refractivity contribution < 1.29 is 4.79 Å². The summed E-state index contributed by atoms with van der Waals surface area (Å²) < 4.78 is 0. The van der Waals surface area contributed by atoms with E-state index in [4.69, 9.17) is 5.26 Å². The van der Waals surface area contributed by atoms with Crippen LogP contribution in [0.5, 0.6) is 0 Å². The highest BCUT2D eigenvalue weighted by atomic mass is 79.9. The van der Waals surface area contributed by atoms with E-state index in [-0.39, 0.29) is 5.91 Å². The van der Waals surface area contributed by atoms with Crippen LogP contribution in [0.2, 0.25) is 0 Å². The van der Waals surface area contributed by atoms with Crippen molar-refractivity contribution in [1.29, 1.82) is 5.26 Å². The lowest BCUT2D eigenvalue weighted by Gasteiger charge is -2.14. The number of nitrogens with one attached hydrogen (secondary N) is 1. The van der Waals surface area contributed by atoms with Gasteiger partial charge in [0.15, 0.2) is 0 Å². The van der Waals surface area contributed by atoms with Gasteiger partial charge in [0.05, 0.1) is 11.6 Å². The second-order valence-corrected chi connectivity index (χ2v) is 5.60. The summed E-state index contributed by atoms with van der Waals surface area (Å²) in [6.07, 6.45) is 3.51. The normalized spacial score (nSPS) is 15.8. The van der Waals surface area contributed by atoms with E-state index >= 15 is 0 Å². The molecule has 0 spiro atoms. The standard InChI is InChI=1S/C14H15BrN2O/c15-8-7-14(5-6-14)10-17-13(18)12-3-1-11(9-16)2-4-12/h1-4H,5-8,10H2,(H,17,18). The zero-order valence-corrected chi connectivity index (χ0v) is 11.7. The molecule has 1 fully saturated rings. The predicted octanol–water partition coefficient (Wildman–Crippen LogP) is 2.85. The molecule has 1 aliphatic carbocycles. The van der Waals surface area contributed by atoms with Crippen LogP contribution in [0.25, 0.3) is 0 Å². The van der Waals surface area contributed by atoms with Crippen LogP contribution in [-0.2, 0) is 0 Å². The first-order chi connectivity index (χ1) is 8.69. The molecule has 0 unspecified atom stereocenters. The summed E-state index contributed by atoms with van der Waals surface area (Å²) in [6, 6.07) is 8.76. The van der Waals surface area contributed by atoms with E-state index < -0.39 is 0 Å². The van der Waals surface area contributed by atoms with Crippen molar-refractivity contribution >= 4 is 21.8 Å². The maximum atomic E-state index is 11.9. The van der Waals surface area contributed by atoms with E-state index in [0.29, 0.717) is 16.5 Å². The minimum Gasteiger partial charge on any atom is -0.351 e. The SMILES string of the molecule is N#Cc1ccc(C(=O)NCC2(CCBr)CC2)cc1. The number of hydrogen-bond donors (Lipinski definition) is 1. The zero-order chi connectivity index (χ0) is 13.0. The third kappa shape index (κ3) is 3.11. The lowest BCUT2D eigenvalue weighted by atomic mass is 10.0. The second-order valence-electron chi connectivity index (χ2n) is 4.81. The van der Waals surface area contributed by atoms with Gasteiger partial charge in [-0.2, -0.15) is 5.26 Å². The third-order valence-electron chi connectivity index (χ3n) is 3.48. The molecule has 4 heteroatoms. The molecule has 2 rings (SSSR count). The van der Waals surface area contributed by atoms with Gasteiger partial charge in [0.2, 0.25) is 0 Å². The minimum atomic E-state index is -0.0552. The van der Waals surface area contributed by atoms with Gasteiger partial charge in [-0.1, -0.05) is 15.9 Å². The summed E-state index contributed by atoms with van der Waals surface area (Å²) in [5, 5.41) is 12.7. The number of amides is 1. The fourth-order valence-electron chi connectivity index (χ4n) is 1.96. The van der Waals surface area contributed by atoms with Crippen molar-refractivity contribution in [3.05, 3.63) is 35.4 Å². The molecule has 1 saturated carbocycles. The molecule has 1 amide bonds. The molecule has 3 nitrogen and oxygen atoms in total. The second kappa shape index (κ2) is 5.53. The van der Waals surface area contributed by atoms with Crippen molar-refractivity contribution in [2.45, 2.75) is 19.3 Å². The summed E-state index contributed by atoms with van der Waals surface area (Å²) >= 11 is 3.45. The van der Waals surface area contributed by atoms with Crippen LogP contribution in [-0.4, -0.2) is 17.8 Å². The van der Waals surface area contributed by atoms with Crippen molar-refractivity contribution in [2.75, 3.05) is 11.9 Å². The average Bonchev–Trinajstić information content (AvgIpc) is 3.17. The molecule has 0 aromatic heterocycles. The van der Waals surface area contributed by atoms with Gasteiger partial charge in [-0.15, -0.1) is 0 Å². The first kappa shape index (κ1) is 13.1. The number of carbonyl (C=O) groups is 1. The van der Waals surface area contributed by atoms with Crippen LogP contribution < -0.4 is 5.32 Å². The lowest BCUT2D eigenvalue weighted by molar-refractivity contribution is 0.0944. The van der Waals surface area contributed by atoms with Crippen LogP contribution in [0.1, 0.15) is 35.2 Å². The molecule has 0 aliphatic heterocycles. The number of carbonyl (C=O) groups excluding carboxylic acids is 1. The number of hydrogen-bond acceptors (Lipinski definition) is 2. The Morgan fingerprint density at radius 2 is 2.06 bits per heavy atom. The van der Waals surface area contributed by atoms with Crippen molar-refractivity contribution in [3.63, 3.8) is 0 Å². The van der Waals surface area contributed by atoms with E-state index in [9.17, 15) is 4.79 Å². The first-order valence-corrected chi connectivity index (χ1v) is 7.16. The molecule has 1 aliphatic rings. The van der Waals surface area contributed by atoms with Crippen LogP contribution in [0.3, 0.4) is 0 Å². The van der Waals surface area contributed by atoms with Gasteiger partial charge < -0.3 is 5.32 Å². The average molecular weight is 307 g/mol. The van der Waals surface area contributed by atoms with E-state index in [1.54, 1.807) is 24.3 Å². The van der Waals surface area contributed by atoms with Gasteiger partial charge in [-0.25, -0.2) is 0 Å². The van der Waals surface area contributed by atoms with Crippen LogP contribution in [0.15, 0.2) is 24.3 Å². The van der Waals surface area contributed by atoms with E-state index in [2.05, 4.69) is 21.2 Å². The Labute approximate surface area is 115 Å². The molecule has 18 heavy (non-hydrogen) atoms. The Bertz CT molecular complexity index is 472. The van der Waals surface area contributed by atoms with Crippen LogP contribution in [0.4, 0.5) is 0 Å². The molecule has 0 saturated heterocycles. The molecular formula is C14H15BrN2O. The number of nitriles is 1. The molecule has 1 aromatic rings. The van der Waals surface area contributed by atoms with Gasteiger partial charge >= 0.3 is 0 Å². The van der Waals surface area contributed by atoms with E-state index in [0.717, 1.165) is 18.3 Å². The molecule has 0 atom stereocenters. The van der Waals surface area contributed by atoms with Crippen LogP contribution >= 0.6 is 15.9 Å². The minimum absolute atomic E-state index is 0.0552. The Kier molecular flexibility index (Phi) is 4.03. The number of nitrogens with zero attached hydrogens (tertiary/aromatic N) is 1. The number of rotatable bonds is 5. The monoisotopic (exact) mass is 306 g/mol. The molecule has 0 heterocycles. The highest BCUT2D eigenvalue weighted by Crippen LogP contribution is 2.48. The summed E-state index contributed by atoms with van der Waals surface area (Å²) in [6.45, 7) is 0.747. The van der Waals surface area contributed by atoms with Gasteiger partial charge in [0.1, 0.15) is 0 Å². The highest BCUT2D eigenvalue weighted by Gasteiger charge is 2.41. The Balaban J connectivity index is 1.90. The predicted molar refractivity (Wildman–Crippen MR) is 73.6 cm³/mol. The molecular weight excluding hydrogens is 292 g/mol. The van der Waals surface area contributed by atoms with Gasteiger partial charge in [0.25, 0.3) is 5.91 Å². The highest BCUT2D eigenvalue weighted by molar-refractivity contribution is 9.09. The number of halogens is 1. The summed E-state index contributed by atoms with van der Waals surface area (Å²) in [5.41, 5.74) is 1.51. The summed E-state index contributed by atoms with van der Waals surface area (Å²) in [7, 11) is 0. The summed E-state index contributed by atoms with van der Waals surface area (Å²) in [5.74, 6) is -0.0552. The topological polar surface area (TPSA) is 52.9 Å². The van der Waals surface area contributed by atoms with E-state index in [1.165, 1.54) is 12.8 Å². The largest absolute Gasteiger partial charge is 0.351 e. The van der Waals surface area contributed by atoms with E-state index in [1.807, 2.05) is 6.07 Å². The number of alkyl halides is 1. The fourth-order valence-corrected chi connectivity index (χ4v) is 2.80. The lowest BCUT2D eigenvalue weighted by Crippen LogP contribution is -2.30. The zero-order valence-electron chi connectivity index (χ0n) is 10.1. The molecule has 1 aromatic carbocycles. The quantitative estimate of drug-likeness (QED) is 0.850. The van der Waals surface area contributed by atoms with Crippen molar-refractivity contribution in [2.24, 2.45) is 5.41 Å². The van der Waals surface area contributed by atoms with Gasteiger partial charge in [-0.05, 0) is 48.9 Å². The van der Waals surface area contributed by atoms with Crippen molar-refractivity contribution in [1.82, 2.24) is 5.32 Å². The molecule has 1 N–H and O–H groups in total. The maximum Gasteiger partial charge on any atom is 0.251 e. The third-order valence-corrected chi connectivity index (χ3v) is 3.88. The first-order valence-electron chi connectivity index (χ1n) is 6.03. The van der Waals surface area contributed by atoms with Crippen LogP contribution in [0, 0.1) is 16.7 Å². The van der Waals surface area contributed by atoms with Gasteiger partial charge in [0, 0.05) is 17.4 Å². The fraction of sp³-hybridized carbons (Fsp3) is 0.429. The maximum absolute atomic E-state index is 11.9. The smallest absolute Gasteiger partial charge is 0.251 e. The molecule has 0 radical (unpaired) electrons. The van der Waals surface area contributed by atoms with Crippen molar-refractivity contribution in [3.8, 4) is 6.07 Å². The Morgan fingerprint density at radius 3 is 2.56 bits per heavy atom. The Hall–Kier alpha value is -1.34. The molecule has 94 valence electrons. The summed E-state index contributed by atoms with van der Waals surface area (Å²) in [4.78, 5) is 11.9.